The highest BCUT2D eigenvalue weighted by Gasteiger charge is 2.27. The minimum absolute atomic E-state index is 0.168. The van der Waals surface area contributed by atoms with E-state index >= 15 is 0 Å². The van der Waals surface area contributed by atoms with Gasteiger partial charge in [0.2, 0.25) is 0 Å². The molecule has 0 saturated carbocycles. The summed E-state index contributed by atoms with van der Waals surface area (Å²) in [5, 5.41) is 0. The van der Waals surface area contributed by atoms with Crippen LogP contribution in [0.15, 0.2) is 0 Å². The van der Waals surface area contributed by atoms with Gasteiger partial charge in [-0.2, -0.15) is 0 Å². The molecule has 1 heterocycles. The molecule has 5 heteroatoms. The van der Waals surface area contributed by atoms with Gasteiger partial charge >= 0.3 is 6.09 Å². The highest BCUT2D eigenvalue weighted by Crippen LogP contribution is 2.21. The monoisotopic (exact) mass is 327 g/mol. The van der Waals surface area contributed by atoms with E-state index in [4.69, 9.17) is 10.5 Å². The standard InChI is InChI=1S/C18H37N3O2/c1-15(2)13-20(10-6-9-19)14-16-7-11-21(12-8-16)17(22)23-18(3,4)5/h15-16H,6-14,19H2,1-5H3. The first-order chi connectivity index (χ1) is 10.7. The molecule has 5 nitrogen and oxygen atoms in total. The molecule has 2 N–H and O–H groups in total. The number of likely N-dealkylation sites (tertiary alicyclic amines) is 1. The second-order valence-electron chi connectivity index (χ2n) is 8.21. The van der Waals surface area contributed by atoms with Crippen LogP contribution in [0.25, 0.3) is 0 Å². The topological polar surface area (TPSA) is 58.8 Å². The Kier molecular flexibility index (Phi) is 8.34. The fourth-order valence-corrected chi connectivity index (χ4v) is 3.08. The molecule has 0 aromatic heterocycles. The third kappa shape index (κ3) is 8.56. The highest BCUT2D eigenvalue weighted by atomic mass is 16.6. The van der Waals surface area contributed by atoms with E-state index in [9.17, 15) is 4.79 Å². The van der Waals surface area contributed by atoms with Crippen LogP contribution in [0.3, 0.4) is 0 Å². The Morgan fingerprint density at radius 1 is 1.30 bits per heavy atom. The van der Waals surface area contributed by atoms with E-state index in [0.717, 1.165) is 58.5 Å². The summed E-state index contributed by atoms with van der Waals surface area (Å²) in [7, 11) is 0. The van der Waals surface area contributed by atoms with Gasteiger partial charge in [-0.15, -0.1) is 0 Å². The summed E-state index contributed by atoms with van der Waals surface area (Å²) < 4.78 is 5.46. The van der Waals surface area contributed by atoms with Gasteiger partial charge in [-0.1, -0.05) is 13.8 Å². The van der Waals surface area contributed by atoms with Gasteiger partial charge in [-0.25, -0.2) is 4.79 Å². The van der Waals surface area contributed by atoms with Crippen molar-refractivity contribution in [1.82, 2.24) is 9.80 Å². The second-order valence-corrected chi connectivity index (χ2v) is 8.21. The van der Waals surface area contributed by atoms with Gasteiger partial charge in [-0.3, -0.25) is 0 Å². The molecule has 0 aliphatic carbocycles. The van der Waals surface area contributed by atoms with Crippen LogP contribution in [0.4, 0.5) is 4.79 Å². The first-order valence-electron chi connectivity index (χ1n) is 9.11. The van der Waals surface area contributed by atoms with Gasteiger partial charge in [-0.05, 0) is 65.0 Å². The summed E-state index contributed by atoms with van der Waals surface area (Å²) in [6.07, 6.45) is 3.02. The van der Waals surface area contributed by atoms with E-state index in [1.165, 1.54) is 0 Å². The van der Waals surface area contributed by atoms with Crippen molar-refractivity contribution in [2.24, 2.45) is 17.6 Å². The summed E-state index contributed by atoms with van der Waals surface area (Å²) in [6.45, 7) is 16.0. The van der Waals surface area contributed by atoms with Crippen molar-refractivity contribution in [2.75, 3.05) is 39.3 Å². The van der Waals surface area contributed by atoms with Crippen molar-refractivity contribution < 1.29 is 9.53 Å². The van der Waals surface area contributed by atoms with E-state index in [-0.39, 0.29) is 6.09 Å². The molecular formula is C18H37N3O2. The van der Waals surface area contributed by atoms with E-state index in [1.807, 2.05) is 25.7 Å². The quantitative estimate of drug-likeness (QED) is 0.781. The van der Waals surface area contributed by atoms with E-state index in [1.54, 1.807) is 0 Å². The SMILES string of the molecule is CC(C)CN(CCCN)CC1CCN(C(=O)OC(C)(C)C)CC1. The summed E-state index contributed by atoms with van der Waals surface area (Å²) in [6, 6.07) is 0. The van der Waals surface area contributed by atoms with Crippen LogP contribution in [0.5, 0.6) is 0 Å². The molecule has 0 bridgehead atoms. The average molecular weight is 328 g/mol. The first-order valence-corrected chi connectivity index (χ1v) is 9.11. The average Bonchev–Trinajstić information content (AvgIpc) is 2.43. The molecule has 136 valence electrons. The van der Waals surface area contributed by atoms with Crippen LogP contribution in [-0.4, -0.2) is 60.8 Å². The largest absolute Gasteiger partial charge is 0.444 e. The minimum atomic E-state index is -0.412. The number of hydrogen-bond donors (Lipinski definition) is 1. The maximum Gasteiger partial charge on any atom is 0.410 e. The van der Waals surface area contributed by atoms with Crippen LogP contribution < -0.4 is 5.73 Å². The number of carbonyl (C=O) groups excluding carboxylic acids is 1. The smallest absolute Gasteiger partial charge is 0.410 e. The zero-order chi connectivity index (χ0) is 17.5. The number of nitrogens with zero attached hydrogens (tertiary/aromatic N) is 2. The molecule has 0 aromatic rings. The van der Waals surface area contributed by atoms with Gasteiger partial charge in [0.05, 0.1) is 0 Å². The van der Waals surface area contributed by atoms with Crippen LogP contribution in [0.1, 0.15) is 53.9 Å². The molecule has 1 amide bonds. The summed E-state index contributed by atoms with van der Waals surface area (Å²) in [4.78, 5) is 16.5. The summed E-state index contributed by atoms with van der Waals surface area (Å²) in [5.74, 6) is 1.35. The summed E-state index contributed by atoms with van der Waals surface area (Å²) >= 11 is 0. The molecular weight excluding hydrogens is 290 g/mol. The number of carbonyl (C=O) groups is 1. The fourth-order valence-electron chi connectivity index (χ4n) is 3.08. The molecule has 0 radical (unpaired) electrons. The predicted octanol–water partition coefficient (Wildman–Crippen LogP) is 2.94. The van der Waals surface area contributed by atoms with E-state index in [0.29, 0.717) is 11.8 Å². The lowest BCUT2D eigenvalue weighted by Crippen LogP contribution is -2.44. The zero-order valence-corrected chi connectivity index (χ0v) is 15.8. The zero-order valence-electron chi connectivity index (χ0n) is 15.8. The molecule has 0 aromatic carbocycles. The Labute approximate surface area is 142 Å². The second kappa shape index (κ2) is 9.48. The van der Waals surface area contributed by atoms with Gasteiger partial charge in [0.15, 0.2) is 0 Å². The van der Waals surface area contributed by atoms with E-state index < -0.39 is 5.60 Å². The van der Waals surface area contributed by atoms with Crippen LogP contribution in [-0.2, 0) is 4.74 Å². The molecule has 1 saturated heterocycles. The Morgan fingerprint density at radius 2 is 1.91 bits per heavy atom. The number of nitrogens with two attached hydrogens (primary N) is 1. The third-order valence-electron chi connectivity index (χ3n) is 4.08. The van der Waals surface area contributed by atoms with Crippen LogP contribution in [0, 0.1) is 11.8 Å². The lowest BCUT2D eigenvalue weighted by molar-refractivity contribution is 0.0168. The van der Waals surface area contributed by atoms with Crippen molar-refractivity contribution in [3.05, 3.63) is 0 Å². The van der Waals surface area contributed by atoms with Gasteiger partial charge in [0.1, 0.15) is 5.60 Å². The minimum Gasteiger partial charge on any atom is -0.444 e. The van der Waals surface area contributed by atoms with Crippen molar-refractivity contribution in [3.8, 4) is 0 Å². The maximum atomic E-state index is 12.1. The van der Waals surface area contributed by atoms with Gasteiger partial charge < -0.3 is 20.3 Å². The Morgan fingerprint density at radius 3 is 2.39 bits per heavy atom. The molecule has 1 aliphatic heterocycles. The van der Waals surface area contributed by atoms with Crippen molar-refractivity contribution in [3.63, 3.8) is 0 Å². The number of piperidine rings is 1. The van der Waals surface area contributed by atoms with Crippen LogP contribution >= 0.6 is 0 Å². The van der Waals surface area contributed by atoms with Crippen molar-refractivity contribution in [2.45, 2.75) is 59.5 Å². The number of hydrogen-bond acceptors (Lipinski definition) is 4. The lowest BCUT2D eigenvalue weighted by atomic mass is 9.96. The number of amides is 1. The Hall–Kier alpha value is -0.810. The molecule has 1 fully saturated rings. The molecule has 0 spiro atoms. The van der Waals surface area contributed by atoms with Crippen LogP contribution in [0.2, 0.25) is 0 Å². The van der Waals surface area contributed by atoms with Crippen molar-refractivity contribution in [1.29, 1.82) is 0 Å². The molecule has 1 rings (SSSR count). The normalized spacial score (nSPS) is 17.1. The summed E-state index contributed by atoms with van der Waals surface area (Å²) in [5.41, 5.74) is 5.25. The molecule has 0 unspecified atom stereocenters. The van der Waals surface area contributed by atoms with Gasteiger partial charge in [0, 0.05) is 26.2 Å². The maximum absolute atomic E-state index is 12.1. The lowest BCUT2D eigenvalue weighted by Gasteiger charge is -2.36. The first kappa shape index (κ1) is 20.2. The molecule has 0 atom stereocenters. The Balaban J connectivity index is 2.40. The third-order valence-corrected chi connectivity index (χ3v) is 4.08. The van der Waals surface area contributed by atoms with Gasteiger partial charge in [0.25, 0.3) is 0 Å². The highest BCUT2D eigenvalue weighted by molar-refractivity contribution is 5.68. The molecule has 1 aliphatic rings. The fraction of sp³-hybridized carbons (Fsp3) is 0.944. The predicted molar refractivity (Wildman–Crippen MR) is 95.5 cm³/mol. The number of rotatable bonds is 7. The number of ether oxygens (including phenoxy) is 1. The molecule has 23 heavy (non-hydrogen) atoms. The van der Waals surface area contributed by atoms with E-state index in [2.05, 4.69) is 18.7 Å². The Bertz CT molecular complexity index is 345. The van der Waals surface area contributed by atoms with Crippen molar-refractivity contribution >= 4 is 6.09 Å².